The van der Waals surface area contributed by atoms with Gasteiger partial charge in [-0.25, -0.2) is 4.79 Å². The molecule has 0 fully saturated rings. The predicted molar refractivity (Wildman–Crippen MR) is 210 cm³/mol. The van der Waals surface area contributed by atoms with Crippen molar-refractivity contribution in [3.63, 3.8) is 0 Å². The van der Waals surface area contributed by atoms with Crippen LogP contribution in [-0.2, 0) is 46.4 Å². The number of benzene rings is 2. The van der Waals surface area contributed by atoms with Gasteiger partial charge >= 0.3 is 5.97 Å². The molecule has 18 heteroatoms. The lowest BCUT2D eigenvalue weighted by molar-refractivity contribution is -0.143. The van der Waals surface area contributed by atoms with Crippen molar-refractivity contribution in [1.82, 2.24) is 26.6 Å². The molecule has 0 aliphatic rings. The summed E-state index contributed by atoms with van der Waals surface area (Å²) >= 11 is 0. The molecule has 14 N–H and O–H groups in total. The number of phenols is 2. The van der Waals surface area contributed by atoms with Crippen LogP contribution in [0.2, 0.25) is 0 Å². The molecule has 0 saturated carbocycles. The standard InChI is InChI=1S/C39H58N8O10/c1-5-22(4)33(47-34(51)27(41)20-31(42)50)38(55)45-30(19-24-11-15-26(49)16-12-24)37(54)44-29(18-23-9-13-25(48)14-10-23)36(53)43-28(8-6-7-17-40)35(52)46-32(21(2)3)39(56)57/h9-16,21-22,27-30,32-33,48-49H,5-8,17-20,40-41H2,1-4H3,(H2,42,50)(H,43,53)(H,44,54)(H,45,55)(H,46,52)(H,47,51)(H,56,57)/t22-,27-,28-,29-,30-,32-,33-/m0/s1. The lowest BCUT2D eigenvalue weighted by atomic mass is 9.96. The number of hydrogen-bond acceptors (Lipinski definition) is 11. The normalized spacial score (nSPS) is 14.8. The molecule has 7 atom stereocenters. The van der Waals surface area contributed by atoms with Crippen LogP contribution in [0.3, 0.4) is 0 Å². The highest BCUT2D eigenvalue weighted by Gasteiger charge is 2.35. The van der Waals surface area contributed by atoms with Crippen molar-refractivity contribution in [1.29, 1.82) is 0 Å². The fraction of sp³-hybridized carbons (Fsp3) is 0.513. The second kappa shape index (κ2) is 23.3. The monoisotopic (exact) mass is 798 g/mol. The Labute approximate surface area is 332 Å². The number of carboxylic acid groups (broad SMARTS) is 1. The van der Waals surface area contributed by atoms with E-state index in [0.29, 0.717) is 36.9 Å². The average molecular weight is 799 g/mol. The number of amides is 6. The Bertz CT molecular complexity index is 1670. The van der Waals surface area contributed by atoms with Crippen LogP contribution >= 0.6 is 0 Å². The van der Waals surface area contributed by atoms with Gasteiger partial charge in [-0.2, -0.15) is 0 Å². The second-order valence-corrected chi connectivity index (χ2v) is 14.4. The van der Waals surface area contributed by atoms with E-state index < -0.39 is 95.9 Å². The molecule has 57 heavy (non-hydrogen) atoms. The maximum Gasteiger partial charge on any atom is 0.326 e. The molecule has 0 heterocycles. The molecular weight excluding hydrogens is 740 g/mol. The van der Waals surface area contributed by atoms with E-state index in [9.17, 15) is 48.9 Å². The van der Waals surface area contributed by atoms with Crippen molar-refractivity contribution in [3.05, 3.63) is 59.7 Å². The molecular formula is C39H58N8O10. The van der Waals surface area contributed by atoms with E-state index in [0.717, 1.165) is 0 Å². The number of nitrogens with two attached hydrogens (primary N) is 3. The van der Waals surface area contributed by atoms with Crippen molar-refractivity contribution < 1.29 is 48.9 Å². The Balaban J connectivity index is 2.52. The average Bonchev–Trinajstić information content (AvgIpc) is 3.15. The predicted octanol–water partition coefficient (Wildman–Crippen LogP) is -0.575. The van der Waals surface area contributed by atoms with Gasteiger partial charge < -0.3 is 59.1 Å². The van der Waals surface area contributed by atoms with Crippen LogP contribution in [0.5, 0.6) is 11.5 Å². The summed E-state index contributed by atoms with van der Waals surface area (Å²) in [5.41, 5.74) is 17.7. The Kier molecular flexibility index (Phi) is 19.4. The molecule has 2 aromatic carbocycles. The van der Waals surface area contributed by atoms with Crippen molar-refractivity contribution in [3.8, 4) is 11.5 Å². The molecule has 2 rings (SSSR count). The molecule has 6 amide bonds. The van der Waals surface area contributed by atoms with Crippen LogP contribution < -0.4 is 43.8 Å². The number of nitrogens with one attached hydrogen (secondary N) is 5. The molecule has 2 aromatic rings. The smallest absolute Gasteiger partial charge is 0.326 e. The van der Waals surface area contributed by atoms with E-state index in [-0.39, 0.29) is 30.8 Å². The minimum Gasteiger partial charge on any atom is -0.508 e. The van der Waals surface area contributed by atoms with E-state index in [2.05, 4.69) is 26.6 Å². The van der Waals surface area contributed by atoms with Gasteiger partial charge in [0.1, 0.15) is 41.7 Å². The Hall–Kier alpha value is -5.75. The number of primary amides is 1. The third kappa shape index (κ3) is 16.1. The zero-order chi connectivity index (χ0) is 42.8. The summed E-state index contributed by atoms with van der Waals surface area (Å²) in [7, 11) is 0. The molecule has 0 aliphatic carbocycles. The van der Waals surface area contributed by atoms with Gasteiger partial charge in [-0.15, -0.1) is 0 Å². The van der Waals surface area contributed by atoms with Crippen molar-refractivity contribution in [2.75, 3.05) is 6.54 Å². The number of aliphatic carboxylic acids is 1. The Morgan fingerprint density at radius 1 is 0.632 bits per heavy atom. The fourth-order valence-electron chi connectivity index (χ4n) is 5.76. The van der Waals surface area contributed by atoms with Crippen molar-refractivity contribution in [2.24, 2.45) is 29.0 Å². The zero-order valence-corrected chi connectivity index (χ0v) is 32.8. The quantitative estimate of drug-likeness (QED) is 0.0595. The number of carboxylic acids is 1. The van der Waals surface area contributed by atoms with Crippen molar-refractivity contribution >= 4 is 41.4 Å². The molecule has 0 spiro atoms. The van der Waals surface area contributed by atoms with Gasteiger partial charge in [0.2, 0.25) is 35.4 Å². The van der Waals surface area contributed by atoms with Gasteiger partial charge in [-0.3, -0.25) is 28.8 Å². The molecule has 0 unspecified atom stereocenters. The zero-order valence-electron chi connectivity index (χ0n) is 32.8. The van der Waals surface area contributed by atoms with Crippen molar-refractivity contribution in [2.45, 2.75) is 109 Å². The molecule has 0 bridgehead atoms. The summed E-state index contributed by atoms with van der Waals surface area (Å²) in [5.74, 6) is -7.08. The molecule has 0 radical (unpaired) electrons. The fourth-order valence-corrected chi connectivity index (χ4v) is 5.76. The van der Waals surface area contributed by atoms with Gasteiger partial charge in [0.15, 0.2) is 0 Å². The number of rotatable bonds is 24. The topological polar surface area (TPSA) is 318 Å². The van der Waals surface area contributed by atoms with Gasteiger partial charge in [-0.05, 0) is 73.0 Å². The number of unbranched alkanes of at least 4 members (excludes halogenated alkanes) is 1. The molecule has 18 nitrogen and oxygen atoms in total. The van der Waals surface area contributed by atoms with Gasteiger partial charge in [-0.1, -0.05) is 58.4 Å². The van der Waals surface area contributed by atoms with E-state index >= 15 is 0 Å². The molecule has 0 aromatic heterocycles. The summed E-state index contributed by atoms with van der Waals surface area (Å²) in [5, 5.41) is 42.5. The first kappa shape index (κ1) is 47.4. The number of carbonyl (C=O) groups excluding carboxylic acids is 6. The highest BCUT2D eigenvalue weighted by atomic mass is 16.4. The van der Waals surface area contributed by atoms with Crippen LogP contribution in [0.1, 0.15) is 70.9 Å². The Morgan fingerprint density at radius 2 is 1.07 bits per heavy atom. The van der Waals surface area contributed by atoms with Gasteiger partial charge in [0.05, 0.1) is 12.5 Å². The SMILES string of the molecule is CC[C@H](C)[C@H](NC(=O)[C@@H](N)CC(N)=O)C(=O)N[C@@H](Cc1ccc(O)cc1)C(=O)N[C@@H](Cc1ccc(O)cc1)C(=O)N[C@@H](CCCCN)C(=O)N[C@H](C(=O)O)C(C)C. The van der Waals surface area contributed by atoms with E-state index in [1.807, 2.05) is 0 Å². The van der Waals surface area contributed by atoms with E-state index in [1.54, 1.807) is 27.7 Å². The van der Waals surface area contributed by atoms with E-state index in [1.165, 1.54) is 48.5 Å². The summed E-state index contributed by atoms with van der Waals surface area (Å²) in [6.45, 7) is 7.02. The lowest BCUT2D eigenvalue weighted by Gasteiger charge is -2.29. The van der Waals surface area contributed by atoms with Crippen LogP contribution in [-0.4, -0.2) is 99.5 Å². The van der Waals surface area contributed by atoms with Crippen LogP contribution in [0.4, 0.5) is 0 Å². The minimum atomic E-state index is -1.37. The molecule has 0 aliphatic heterocycles. The molecule has 0 saturated heterocycles. The highest BCUT2D eigenvalue weighted by molar-refractivity contribution is 5.97. The maximum atomic E-state index is 14.2. The van der Waals surface area contributed by atoms with Gasteiger partial charge in [0.25, 0.3) is 0 Å². The number of phenolic OH excluding ortho intramolecular Hbond substituents is 2. The largest absolute Gasteiger partial charge is 0.508 e. The summed E-state index contributed by atoms with van der Waals surface area (Å²) in [6.07, 6.45) is 0.691. The van der Waals surface area contributed by atoms with Gasteiger partial charge in [0, 0.05) is 12.8 Å². The Morgan fingerprint density at radius 3 is 1.49 bits per heavy atom. The number of carbonyl (C=O) groups is 7. The first-order valence-corrected chi connectivity index (χ1v) is 18.9. The summed E-state index contributed by atoms with van der Waals surface area (Å²) in [6, 6.07) is 3.95. The summed E-state index contributed by atoms with van der Waals surface area (Å²) in [4.78, 5) is 91.8. The summed E-state index contributed by atoms with van der Waals surface area (Å²) < 4.78 is 0. The number of hydrogen-bond donors (Lipinski definition) is 11. The maximum absolute atomic E-state index is 14.2. The minimum absolute atomic E-state index is 0.0469. The lowest BCUT2D eigenvalue weighted by Crippen LogP contribution is -2.61. The van der Waals surface area contributed by atoms with Crippen LogP contribution in [0.15, 0.2) is 48.5 Å². The first-order chi connectivity index (χ1) is 26.9. The molecule has 314 valence electrons. The third-order valence-electron chi connectivity index (χ3n) is 9.38. The highest BCUT2D eigenvalue weighted by Crippen LogP contribution is 2.16. The first-order valence-electron chi connectivity index (χ1n) is 18.9. The second-order valence-electron chi connectivity index (χ2n) is 14.4. The number of aromatic hydroxyl groups is 2. The third-order valence-corrected chi connectivity index (χ3v) is 9.38. The van der Waals surface area contributed by atoms with Crippen LogP contribution in [0, 0.1) is 11.8 Å². The van der Waals surface area contributed by atoms with E-state index in [4.69, 9.17) is 17.2 Å². The van der Waals surface area contributed by atoms with Crippen LogP contribution in [0.25, 0.3) is 0 Å².